The Hall–Kier alpha value is -3.87. The minimum atomic E-state index is -1.60. The predicted molar refractivity (Wildman–Crippen MR) is 91.4 cm³/mol. The molecule has 0 saturated heterocycles. The van der Waals surface area contributed by atoms with E-state index in [0.717, 1.165) is 6.07 Å². The Labute approximate surface area is 152 Å². The lowest BCUT2D eigenvalue weighted by Gasteiger charge is -2.36. The Morgan fingerprint density at radius 2 is 1.59 bits per heavy atom. The maximum Gasteiger partial charge on any atom is 0.340 e. The summed E-state index contributed by atoms with van der Waals surface area (Å²) in [6.45, 7) is 0. The minimum Gasteiger partial charge on any atom is -0.508 e. The first-order chi connectivity index (χ1) is 12.9. The van der Waals surface area contributed by atoms with Gasteiger partial charge in [-0.3, -0.25) is 0 Å². The van der Waals surface area contributed by atoms with Gasteiger partial charge in [0.15, 0.2) is 17.1 Å². The number of fused-ring (bicyclic) bond motifs is 6. The number of esters is 1. The van der Waals surface area contributed by atoms with Crippen LogP contribution in [0, 0.1) is 0 Å². The predicted octanol–water partition coefficient (Wildman–Crippen LogP) is 3.08. The van der Waals surface area contributed by atoms with Crippen molar-refractivity contribution in [2.45, 2.75) is 5.60 Å². The van der Waals surface area contributed by atoms with Gasteiger partial charge in [-0.15, -0.1) is 0 Å². The molecule has 0 bridgehead atoms. The summed E-state index contributed by atoms with van der Waals surface area (Å²) in [5.74, 6) is -2.50. The van der Waals surface area contributed by atoms with Gasteiger partial charge in [-0.05, 0) is 18.2 Å². The number of benzene rings is 3. The van der Waals surface area contributed by atoms with Gasteiger partial charge in [0.05, 0.1) is 11.1 Å². The van der Waals surface area contributed by atoms with Gasteiger partial charge in [0.25, 0.3) is 0 Å². The van der Waals surface area contributed by atoms with Crippen LogP contribution in [0.15, 0.2) is 48.5 Å². The van der Waals surface area contributed by atoms with E-state index in [4.69, 9.17) is 9.47 Å². The lowest BCUT2D eigenvalue weighted by molar-refractivity contribution is 0.0216. The number of carbonyl (C=O) groups is 1. The number of hydrogen-bond acceptors (Lipinski definition) is 7. The third-order valence-corrected chi connectivity index (χ3v) is 4.91. The molecule has 0 aromatic heterocycles. The standard InChI is InChI=1S/C20H12O7/c21-9-5-6-12-14(7-9)26-15-8-13(22)17(23)18(24)16(15)20(12)11-4-2-1-3-10(11)19(25)27-20/h1-8,21-24H. The summed E-state index contributed by atoms with van der Waals surface area (Å²) in [5, 5.41) is 40.4. The zero-order valence-electron chi connectivity index (χ0n) is 13.6. The van der Waals surface area contributed by atoms with Gasteiger partial charge in [-0.1, -0.05) is 18.2 Å². The second kappa shape index (κ2) is 4.85. The molecule has 2 aliphatic rings. The molecule has 0 amide bonds. The van der Waals surface area contributed by atoms with Crippen molar-refractivity contribution in [1.82, 2.24) is 0 Å². The SMILES string of the molecule is O=C1OC2(c3ccc(O)cc3Oc3cc(O)c(O)c(O)c32)c2ccccc21. The maximum atomic E-state index is 12.6. The van der Waals surface area contributed by atoms with Crippen LogP contribution in [0.5, 0.6) is 34.5 Å². The van der Waals surface area contributed by atoms with Crippen LogP contribution in [-0.2, 0) is 10.3 Å². The Kier molecular flexibility index (Phi) is 2.77. The minimum absolute atomic E-state index is 0.00529. The van der Waals surface area contributed by atoms with Crippen molar-refractivity contribution < 1.29 is 34.7 Å². The van der Waals surface area contributed by atoms with E-state index in [-0.39, 0.29) is 22.8 Å². The molecule has 4 N–H and O–H groups in total. The maximum absolute atomic E-state index is 12.6. The molecule has 7 nitrogen and oxygen atoms in total. The van der Waals surface area contributed by atoms with Crippen LogP contribution in [0.3, 0.4) is 0 Å². The molecule has 3 aromatic carbocycles. The smallest absolute Gasteiger partial charge is 0.340 e. The topological polar surface area (TPSA) is 116 Å². The summed E-state index contributed by atoms with van der Waals surface area (Å²) in [4.78, 5) is 12.6. The fraction of sp³-hybridized carbons (Fsp3) is 0.0500. The molecule has 0 saturated carbocycles. The fourth-order valence-corrected chi connectivity index (χ4v) is 3.78. The molecule has 0 radical (unpaired) electrons. The quantitative estimate of drug-likeness (QED) is 0.358. The third-order valence-electron chi connectivity index (χ3n) is 4.91. The first-order valence-corrected chi connectivity index (χ1v) is 8.06. The molecular formula is C20H12O7. The highest BCUT2D eigenvalue weighted by Gasteiger charge is 2.55. The van der Waals surface area contributed by atoms with Gasteiger partial charge >= 0.3 is 5.97 Å². The van der Waals surface area contributed by atoms with Crippen molar-refractivity contribution >= 4 is 5.97 Å². The van der Waals surface area contributed by atoms with Crippen molar-refractivity contribution in [3.05, 3.63) is 70.8 Å². The van der Waals surface area contributed by atoms with E-state index in [0.29, 0.717) is 16.7 Å². The van der Waals surface area contributed by atoms with E-state index < -0.39 is 28.8 Å². The largest absolute Gasteiger partial charge is 0.508 e. The van der Waals surface area contributed by atoms with Crippen molar-refractivity contribution in [2.75, 3.05) is 0 Å². The highest BCUT2D eigenvalue weighted by atomic mass is 16.6. The number of ether oxygens (including phenoxy) is 2. The summed E-state index contributed by atoms with van der Waals surface area (Å²) in [6, 6.07) is 12.1. The van der Waals surface area contributed by atoms with E-state index in [1.54, 1.807) is 24.3 Å². The van der Waals surface area contributed by atoms with Crippen molar-refractivity contribution in [2.24, 2.45) is 0 Å². The van der Waals surface area contributed by atoms with Crippen LogP contribution < -0.4 is 4.74 Å². The van der Waals surface area contributed by atoms with Gasteiger partial charge < -0.3 is 29.9 Å². The Balaban J connectivity index is 1.96. The van der Waals surface area contributed by atoms with Gasteiger partial charge in [0.1, 0.15) is 17.2 Å². The summed E-state index contributed by atoms with van der Waals surface area (Å²) >= 11 is 0. The summed E-state index contributed by atoms with van der Waals surface area (Å²) in [5.41, 5.74) is -0.483. The van der Waals surface area contributed by atoms with Crippen LogP contribution in [0.2, 0.25) is 0 Å². The molecule has 3 aromatic rings. The number of phenolic OH excluding ortho intramolecular Hbond substituents is 4. The fourth-order valence-electron chi connectivity index (χ4n) is 3.78. The van der Waals surface area contributed by atoms with Gasteiger partial charge in [-0.2, -0.15) is 0 Å². The zero-order valence-corrected chi connectivity index (χ0v) is 13.6. The van der Waals surface area contributed by atoms with Gasteiger partial charge in [-0.25, -0.2) is 4.79 Å². The Morgan fingerprint density at radius 3 is 2.41 bits per heavy atom. The molecule has 2 aliphatic heterocycles. The third kappa shape index (κ3) is 1.77. The molecule has 1 atom stereocenters. The Morgan fingerprint density at radius 1 is 0.815 bits per heavy atom. The van der Waals surface area contributed by atoms with Crippen molar-refractivity contribution in [3.63, 3.8) is 0 Å². The van der Waals surface area contributed by atoms with Crippen molar-refractivity contribution in [1.29, 1.82) is 0 Å². The molecule has 134 valence electrons. The number of carbonyl (C=O) groups excluding carboxylic acids is 1. The molecule has 27 heavy (non-hydrogen) atoms. The van der Waals surface area contributed by atoms with E-state index in [1.807, 2.05) is 0 Å². The van der Waals surface area contributed by atoms with E-state index >= 15 is 0 Å². The molecule has 1 spiro atoms. The second-order valence-electron chi connectivity index (χ2n) is 6.36. The van der Waals surface area contributed by atoms with Crippen LogP contribution in [0.25, 0.3) is 0 Å². The monoisotopic (exact) mass is 364 g/mol. The molecular weight excluding hydrogens is 352 g/mol. The molecule has 7 heteroatoms. The number of rotatable bonds is 0. The number of aromatic hydroxyl groups is 4. The van der Waals surface area contributed by atoms with Crippen LogP contribution >= 0.6 is 0 Å². The number of hydrogen-bond donors (Lipinski definition) is 4. The normalized spacial score (nSPS) is 19.0. The Bertz CT molecular complexity index is 1150. The van der Waals surface area contributed by atoms with E-state index in [2.05, 4.69) is 0 Å². The lowest BCUT2D eigenvalue weighted by Crippen LogP contribution is -2.33. The van der Waals surface area contributed by atoms with Crippen molar-refractivity contribution in [3.8, 4) is 34.5 Å². The van der Waals surface area contributed by atoms with E-state index in [1.165, 1.54) is 18.2 Å². The summed E-state index contributed by atoms with van der Waals surface area (Å²) < 4.78 is 11.5. The molecule has 0 fully saturated rings. The average molecular weight is 364 g/mol. The first kappa shape index (κ1) is 15.4. The summed E-state index contributed by atoms with van der Waals surface area (Å²) in [7, 11) is 0. The highest BCUT2D eigenvalue weighted by Crippen LogP contribution is 2.61. The van der Waals surface area contributed by atoms with Crippen LogP contribution in [0.4, 0.5) is 0 Å². The lowest BCUT2D eigenvalue weighted by atomic mass is 9.77. The highest BCUT2D eigenvalue weighted by molar-refractivity contribution is 5.97. The second-order valence-corrected chi connectivity index (χ2v) is 6.36. The number of phenols is 4. The average Bonchev–Trinajstić information content (AvgIpc) is 2.93. The van der Waals surface area contributed by atoms with Gasteiger partial charge in [0, 0.05) is 23.3 Å². The summed E-state index contributed by atoms with van der Waals surface area (Å²) in [6.07, 6.45) is 0. The van der Waals surface area contributed by atoms with Crippen LogP contribution in [-0.4, -0.2) is 26.4 Å². The first-order valence-electron chi connectivity index (χ1n) is 8.06. The molecule has 0 aliphatic carbocycles. The zero-order chi connectivity index (χ0) is 18.9. The molecule has 5 rings (SSSR count). The van der Waals surface area contributed by atoms with Gasteiger partial charge in [0.2, 0.25) is 5.75 Å². The molecule has 1 unspecified atom stereocenters. The van der Waals surface area contributed by atoms with E-state index in [9.17, 15) is 25.2 Å². The molecule has 2 heterocycles. The van der Waals surface area contributed by atoms with Crippen LogP contribution in [0.1, 0.15) is 27.0 Å².